The van der Waals surface area contributed by atoms with E-state index in [1.54, 1.807) is 24.3 Å². The van der Waals surface area contributed by atoms with Crippen molar-refractivity contribution in [2.24, 2.45) is 11.0 Å². The van der Waals surface area contributed by atoms with Crippen LogP contribution in [0, 0.1) is 5.92 Å². The molecule has 0 aliphatic heterocycles. The van der Waals surface area contributed by atoms with Gasteiger partial charge in [-0.3, -0.25) is 4.79 Å². The number of carbonyl (C=O) groups is 1. The molecule has 5 heteroatoms. The molecule has 0 aromatic heterocycles. The molecule has 0 amide bonds. The molecule has 0 saturated heterocycles. The van der Waals surface area contributed by atoms with E-state index in [0.717, 1.165) is 5.56 Å². The number of azide groups is 1. The van der Waals surface area contributed by atoms with E-state index in [1.165, 1.54) is 0 Å². The highest BCUT2D eigenvalue weighted by Crippen LogP contribution is 2.26. The summed E-state index contributed by atoms with van der Waals surface area (Å²) in [7, 11) is 0. The lowest BCUT2D eigenvalue weighted by molar-refractivity contribution is -0.139. The van der Waals surface area contributed by atoms with E-state index in [-0.39, 0.29) is 5.92 Å². The van der Waals surface area contributed by atoms with Crippen LogP contribution in [-0.4, -0.2) is 11.1 Å². The lowest BCUT2D eigenvalue weighted by Gasteiger charge is -2.16. The molecular formula is C11H13N3O2. The van der Waals surface area contributed by atoms with Gasteiger partial charge >= 0.3 is 5.97 Å². The van der Waals surface area contributed by atoms with Gasteiger partial charge in [0.2, 0.25) is 0 Å². The molecule has 1 atom stereocenters. The second-order valence-corrected chi connectivity index (χ2v) is 3.84. The Kier molecular flexibility index (Phi) is 3.91. The van der Waals surface area contributed by atoms with Gasteiger partial charge in [-0.2, -0.15) is 0 Å². The second-order valence-electron chi connectivity index (χ2n) is 3.84. The first-order valence-corrected chi connectivity index (χ1v) is 4.94. The summed E-state index contributed by atoms with van der Waals surface area (Å²) in [6.07, 6.45) is 0. The third-order valence-electron chi connectivity index (χ3n) is 2.35. The molecule has 0 spiro atoms. The molecule has 0 aliphatic rings. The van der Waals surface area contributed by atoms with Crippen LogP contribution in [-0.2, 0) is 4.79 Å². The van der Waals surface area contributed by atoms with Crippen molar-refractivity contribution in [1.29, 1.82) is 0 Å². The molecule has 0 aliphatic carbocycles. The van der Waals surface area contributed by atoms with Crippen molar-refractivity contribution >= 4 is 11.7 Å². The second kappa shape index (κ2) is 5.19. The summed E-state index contributed by atoms with van der Waals surface area (Å²) < 4.78 is 0. The van der Waals surface area contributed by atoms with E-state index in [4.69, 9.17) is 10.6 Å². The van der Waals surface area contributed by atoms with Crippen molar-refractivity contribution in [2.45, 2.75) is 19.8 Å². The summed E-state index contributed by atoms with van der Waals surface area (Å²) in [5.74, 6) is -1.35. The van der Waals surface area contributed by atoms with Gasteiger partial charge in [-0.15, -0.1) is 0 Å². The molecule has 5 nitrogen and oxygen atoms in total. The standard InChI is InChI=1S/C11H13N3O2/c1-7(2)10(11(15)16)8-3-5-9(6-4-8)13-14-12/h3-7,10H,1-2H3,(H,15,16). The van der Waals surface area contributed by atoms with Crippen molar-refractivity contribution < 1.29 is 9.90 Å². The molecule has 1 aromatic rings. The van der Waals surface area contributed by atoms with Crippen molar-refractivity contribution in [2.75, 3.05) is 0 Å². The summed E-state index contributed by atoms with van der Waals surface area (Å²) in [6.45, 7) is 3.72. The monoisotopic (exact) mass is 219 g/mol. The zero-order valence-corrected chi connectivity index (χ0v) is 9.16. The van der Waals surface area contributed by atoms with E-state index in [1.807, 2.05) is 13.8 Å². The molecule has 16 heavy (non-hydrogen) atoms. The highest BCUT2D eigenvalue weighted by Gasteiger charge is 2.23. The number of benzene rings is 1. The van der Waals surface area contributed by atoms with Crippen molar-refractivity contribution in [1.82, 2.24) is 0 Å². The fourth-order valence-corrected chi connectivity index (χ4v) is 1.61. The van der Waals surface area contributed by atoms with Crippen LogP contribution in [0.2, 0.25) is 0 Å². The van der Waals surface area contributed by atoms with Gasteiger partial charge in [-0.25, -0.2) is 0 Å². The number of carboxylic acids is 1. The summed E-state index contributed by atoms with van der Waals surface area (Å²) in [5, 5.41) is 12.5. The fourth-order valence-electron chi connectivity index (χ4n) is 1.61. The average molecular weight is 219 g/mol. The maximum absolute atomic E-state index is 11.1. The average Bonchev–Trinajstić information content (AvgIpc) is 2.20. The summed E-state index contributed by atoms with van der Waals surface area (Å²) in [6, 6.07) is 6.60. The van der Waals surface area contributed by atoms with Crippen LogP contribution < -0.4 is 0 Å². The Balaban J connectivity index is 3.03. The number of nitrogens with zero attached hydrogens (tertiary/aromatic N) is 3. The molecule has 0 heterocycles. The first-order valence-electron chi connectivity index (χ1n) is 4.94. The van der Waals surface area contributed by atoms with Gasteiger partial charge in [-0.1, -0.05) is 43.2 Å². The molecular weight excluding hydrogens is 206 g/mol. The highest BCUT2D eigenvalue weighted by atomic mass is 16.4. The summed E-state index contributed by atoms with van der Waals surface area (Å²) in [4.78, 5) is 13.7. The van der Waals surface area contributed by atoms with Gasteiger partial charge in [0.05, 0.1) is 5.92 Å². The summed E-state index contributed by atoms with van der Waals surface area (Å²) in [5.41, 5.74) is 9.45. The predicted molar refractivity (Wildman–Crippen MR) is 60.5 cm³/mol. The lowest BCUT2D eigenvalue weighted by Crippen LogP contribution is -2.17. The van der Waals surface area contributed by atoms with Crippen molar-refractivity contribution in [3.05, 3.63) is 40.3 Å². The van der Waals surface area contributed by atoms with Gasteiger partial charge < -0.3 is 5.11 Å². The Bertz CT molecular complexity index is 419. The zero-order valence-electron chi connectivity index (χ0n) is 9.16. The summed E-state index contributed by atoms with van der Waals surface area (Å²) >= 11 is 0. The van der Waals surface area contributed by atoms with Crippen LogP contribution in [0.4, 0.5) is 5.69 Å². The van der Waals surface area contributed by atoms with Gasteiger partial charge in [-0.05, 0) is 17.0 Å². The van der Waals surface area contributed by atoms with E-state index in [9.17, 15) is 4.79 Å². The largest absolute Gasteiger partial charge is 0.481 e. The maximum Gasteiger partial charge on any atom is 0.311 e. The van der Waals surface area contributed by atoms with E-state index in [0.29, 0.717) is 5.69 Å². The van der Waals surface area contributed by atoms with Crippen molar-refractivity contribution in [3.63, 3.8) is 0 Å². The van der Waals surface area contributed by atoms with Gasteiger partial charge in [0.1, 0.15) is 0 Å². The van der Waals surface area contributed by atoms with Crippen LogP contribution >= 0.6 is 0 Å². The smallest absolute Gasteiger partial charge is 0.311 e. The van der Waals surface area contributed by atoms with Crippen LogP contribution in [0.3, 0.4) is 0 Å². The quantitative estimate of drug-likeness (QED) is 0.477. The minimum Gasteiger partial charge on any atom is -0.481 e. The number of hydrogen-bond donors (Lipinski definition) is 1. The third kappa shape index (κ3) is 2.74. The molecule has 1 N–H and O–H groups in total. The molecule has 1 unspecified atom stereocenters. The normalized spacial score (nSPS) is 11.9. The Morgan fingerprint density at radius 3 is 2.31 bits per heavy atom. The molecule has 0 fully saturated rings. The van der Waals surface area contributed by atoms with Crippen molar-refractivity contribution in [3.8, 4) is 0 Å². The van der Waals surface area contributed by atoms with Crippen LogP contribution in [0.1, 0.15) is 25.3 Å². The molecule has 1 rings (SSSR count). The molecule has 0 saturated carbocycles. The number of rotatable bonds is 4. The third-order valence-corrected chi connectivity index (χ3v) is 2.35. The first-order chi connectivity index (χ1) is 7.56. The Morgan fingerprint density at radius 1 is 1.38 bits per heavy atom. The predicted octanol–water partition coefficient (Wildman–Crippen LogP) is 3.45. The molecule has 84 valence electrons. The van der Waals surface area contributed by atoms with Gasteiger partial charge in [0, 0.05) is 10.6 Å². The maximum atomic E-state index is 11.1. The van der Waals surface area contributed by atoms with Gasteiger partial charge in [0.15, 0.2) is 0 Å². The highest BCUT2D eigenvalue weighted by molar-refractivity contribution is 5.76. The fraction of sp³-hybridized carbons (Fsp3) is 0.364. The SMILES string of the molecule is CC(C)C(C(=O)O)c1ccc(N=[N+]=[N-])cc1. The number of aliphatic carboxylic acids is 1. The van der Waals surface area contributed by atoms with Crippen LogP contribution in [0.5, 0.6) is 0 Å². The lowest BCUT2D eigenvalue weighted by atomic mass is 9.88. The van der Waals surface area contributed by atoms with E-state index in [2.05, 4.69) is 10.0 Å². The zero-order chi connectivity index (χ0) is 12.1. The van der Waals surface area contributed by atoms with E-state index < -0.39 is 11.9 Å². The van der Waals surface area contributed by atoms with E-state index >= 15 is 0 Å². The first kappa shape index (κ1) is 12.1. The Hall–Kier alpha value is -2.00. The number of hydrogen-bond acceptors (Lipinski definition) is 2. The number of carboxylic acid groups (broad SMARTS) is 1. The minimum atomic E-state index is -0.841. The minimum absolute atomic E-state index is 0.0165. The van der Waals surface area contributed by atoms with Crippen LogP contribution in [0.15, 0.2) is 29.4 Å². The molecule has 0 bridgehead atoms. The Morgan fingerprint density at radius 2 is 1.94 bits per heavy atom. The van der Waals surface area contributed by atoms with Crippen LogP contribution in [0.25, 0.3) is 10.4 Å². The van der Waals surface area contributed by atoms with Gasteiger partial charge in [0.25, 0.3) is 0 Å². The Labute approximate surface area is 93.3 Å². The molecule has 0 radical (unpaired) electrons. The topological polar surface area (TPSA) is 86.1 Å². The molecule has 1 aromatic carbocycles.